The van der Waals surface area contributed by atoms with Gasteiger partial charge in [-0.1, -0.05) is 11.6 Å². The Hall–Kier alpha value is -0.710. The predicted molar refractivity (Wildman–Crippen MR) is 83.6 cm³/mol. The maximum Gasteiger partial charge on any atom is 0.323 e. The summed E-state index contributed by atoms with van der Waals surface area (Å²) in [4.78, 5) is 12.8. The molecule has 0 aliphatic heterocycles. The maximum absolute atomic E-state index is 11.6. The maximum atomic E-state index is 11.6. The second-order valence-corrected chi connectivity index (χ2v) is 7.43. The second kappa shape index (κ2) is 6.37. The van der Waals surface area contributed by atoms with Crippen molar-refractivity contribution in [3.63, 3.8) is 0 Å². The van der Waals surface area contributed by atoms with E-state index in [4.69, 9.17) is 11.6 Å². The topological polar surface area (TPSA) is 49.3 Å². The lowest BCUT2D eigenvalue weighted by molar-refractivity contribution is -0.145. The summed E-state index contributed by atoms with van der Waals surface area (Å²) < 4.78 is 0. The van der Waals surface area contributed by atoms with E-state index in [0.717, 1.165) is 16.3 Å². The highest BCUT2D eigenvalue weighted by Crippen LogP contribution is 2.40. The highest BCUT2D eigenvalue weighted by molar-refractivity contribution is 8.00. The molecule has 1 aromatic carbocycles. The number of hydrogen-bond donors (Lipinski definition) is 2. The van der Waals surface area contributed by atoms with E-state index in [9.17, 15) is 9.90 Å². The molecular formula is C15H20ClNO2S. The lowest BCUT2D eigenvalue weighted by Crippen LogP contribution is -2.53. The zero-order chi connectivity index (χ0) is 14.8. The van der Waals surface area contributed by atoms with Crippen molar-refractivity contribution in [2.75, 3.05) is 0 Å². The molecule has 20 heavy (non-hydrogen) atoms. The Labute approximate surface area is 129 Å². The Kier molecular flexibility index (Phi) is 4.99. The molecule has 0 saturated heterocycles. The average Bonchev–Trinajstić information content (AvgIpc) is 2.76. The van der Waals surface area contributed by atoms with E-state index in [1.165, 1.54) is 0 Å². The van der Waals surface area contributed by atoms with E-state index in [0.29, 0.717) is 18.1 Å². The molecule has 1 aliphatic rings. The highest BCUT2D eigenvalue weighted by atomic mass is 35.5. The van der Waals surface area contributed by atoms with E-state index in [1.54, 1.807) is 11.8 Å². The summed E-state index contributed by atoms with van der Waals surface area (Å²) in [5, 5.41) is 13.8. The van der Waals surface area contributed by atoms with Gasteiger partial charge >= 0.3 is 5.97 Å². The number of halogens is 1. The van der Waals surface area contributed by atoms with Gasteiger partial charge in [0.05, 0.1) is 0 Å². The molecule has 0 aromatic heterocycles. The van der Waals surface area contributed by atoms with Gasteiger partial charge in [0.25, 0.3) is 0 Å². The van der Waals surface area contributed by atoms with Gasteiger partial charge < -0.3 is 5.11 Å². The van der Waals surface area contributed by atoms with E-state index in [-0.39, 0.29) is 6.04 Å². The molecule has 0 heterocycles. The van der Waals surface area contributed by atoms with Crippen LogP contribution in [-0.2, 0) is 4.79 Å². The quantitative estimate of drug-likeness (QED) is 0.868. The van der Waals surface area contributed by atoms with Crippen molar-refractivity contribution in [3.05, 3.63) is 29.3 Å². The lowest BCUT2D eigenvalue weighted by Gasteiger charge is -2.28. The van der Waals surface area contributed by atoms with E-state index in [1.807, 2.05) is 38.1 Å². The highest BCUT2D eigenvalue weighted by Gasteiger charge is 2.45. The van der Waals surface area contributed by atoms with Gasteiger partial charge in [-0.25, -0.2) is 0 Å². The summed E-state index contributed by atoms with van der Waals surface area (Å²) in [6, 6.07) is 7.89. The van der Waals surface area contributed by atoms with Crippen LogP contribution in [0, 0.1) is 0 Å². The molecule has 2 rings (SSSR count). The first-order valence-corrected chi connectivity index (χ1v) is 8.10. The molecule has 2 unspecified atom stereocenters. The van der Waals surface area contributed by atoms with Crippen LogP contribution < -0.4 is 5.32 Å². The molecule has 1 fully saturated rings. The zero-order valence-electron chi connectivity index (χ0n) is 11.7. The number of rotatable bonds is 5. The first-order chi connectivity index (χ1) is 9.41. The van der Waals surface area contributed by atoms with Gasteiger partial charge in [0.2, 0.25) is 0 Å². The minimum atomic E-state index is -0.766. The molecule has 2 atom stereocenters. The molecule has 2 N–H and O–H groups in total. The van der Waals surface area contributed by atoms with Crippen molar-refractivity contribution in [2.45, 2.75) is 54.8 Å². The number of carboxylic acid groups (broad SMARTS) is 1. The number of hydrogen-bond acceptors (Lipinski definition) is 3. The van der Waals surface area contributed by atoms with Gasteiger partial charge in [-0.3, -0.25) is 10.1 Å². The molecule has 0 radical (unpaired) electrons. The summed E-state index contributed by atoms with van der Waals surface area (Å²) in [6.45, 7) is 3.98. The summed E-state index contributed by atoms with van der Waals surface area (Å²) in [5.74, 6) is -0.731. The van der Waals surface area contributed by atoms with Crippen molar-refractivity contribution in [3.8, 4) is 0 Å². The normalized spacial score (nSPS) is 26.1. The molecule has 0 spiro atoms. The Balaban J connectivity index is 2.03. The molecule has 5 heteroatoms. The molecule has 0 amide bonds. The Bertz CT molecular complexity index is 477. The monoisotopic (exact) mass is 313 g/mol. The summed E-state index contributed by atoms with van der Waals surface area (Å²) in [5.41, 5.74) is -0.766. The molecular weight excluding hydrogens is 294 g/mol. The number of thioether (sulfide) groups is 1. The van der Waals surface area contributed by atoms with Gasteiger partial charge in [0.15, 0.2) is 0 Å². The molecule has 0 bridgehead atoms. The van der Waals surface area contributed by atoms with Crippen LogP contribution in [0.4, 0.5) is 0 Å². The van der Waals surface area contributed by atoms with Crippen LogP contribution in [0.15, 0.2) is 29.2 Å². The number of aliphatic carboxylic acids is 1. The van der Waals surface area contributed by atoms with E-state index < -0.39 is 11.5 Å². The number of nitrogens with one attached hydrogen (secondary N) is 1. The number of benzene rings is 1. The minimum Gasteiger partial charge on any atom is -0.480 e. The van der Waals surface area contributed by atoms with Crippen molar-refractivity contribution in [1.29, 1.82) is 0 Å². The van der Waals surface area contributed by atoms with Crippen LogP contribution in [-0.4, -0.2) is 27.9 Å². The third-order valence-corrected chi connectivity index (χ3v) is 5.09. The predicted octanol–water partition coefficient (Wildman–Crippen LogP) is 3.81. The Morgan fingerprint density at radius 1 is 1.45 bits per heavy atom. The van der Waals surface area contributed by atoms with Gasteiger partial charge in [0.1, 0.15) is 5.54 Å². The number of carboxylic acids is 1. The third kappa shape index (κ3) is 3.68. The number of carbonyl (C=O) groups is 1. The van der Waals surface area contributed by atoms with Crippen molar-refractivity contribution >= 4 is 29.3 Å². The van der Waals surface area contributed by atoms with Crippen molar-refractivity contribution in [1.82, 2.24) is 5.32 Å². The van der Waals surface area contributed by atoms with Crippen LogP contribution in [0.1, 0.15) is 33.1 Å². The fourth-order valence-electron chi connectivity index (χ4n) is 2.75. The first-order valence-electron chi connectivity index (χ1n) is 6.84. The molecule has 1 aliphatic carbocycles. The van der Waals surface area contributed by atoms with Crippen molar-refractivity contribution < 1.29 is 9.90 Å². The van der Waals surface area contributed by atoms with Crippen LogP contribution in [0.2, 0.25) is 5.02 Å². The smallest absolute Gasteiger partial charge is 0.323 e. The SMILES string of the molecule is CC(C)NC1(C(=O)O)CCC(Sc2ccc(Cl)cc2)C1. The van der Waals surface area contributed by atoms with Gasteiger partial charge in [-0.2, -0.15) is 0 Å². The van der Waals surface area contributed by atoms with Crippen LogP contribution in [0.3, 0.4) is 0 Å². The van der Waals surface area contributed by atoms with Crippen LogP contribution in [0.5, 0.6) is 0 Å². The Morgan fingerprint density at radius 3 is 2.65 bits per heavy atom. The fraction of sp³-hybridized carbons (Fsp3) is 0.533. The summed E-state index contributed by atoms with van der Waals surface area (Å²) in [6.07, 6.45) is 2.26. The van der Waals surface area contributed by atoms with E-state index in [2.05, 4.69) is 5.32 Å². The second-order valence-electron chi connectivity index (χ2n) is 5.62. The van der Waals surface area contributed by atoms with E-state index >= 15 is 0 Å². The largest absolute Gasteiger partial charge is 0.480 e. The molecule has 1 aromatic rings. The third-order valence-electron chi connectivity index (χ3n) is 3.56. The molecule has 3 nitrogen and oxygen atoms in total. The standard InChI is InChI=1S/C15H20ClNO2S/c1-10(2)17-15(14(18)19)8-7-13(9-15)20-12-5-3-11(16)4-6-12/h3-6,10,13,17H,7-9H2,1-2H3,(H,18,19). The lowest BCUT2D eigenvalue weighted by atomic mass is 9.97. The van der Waals surface area contributed by atoms with Crippen LogP contribution in [0.25, 0.3) is 0 Å². The van der Waals surface area contributed by atoms with Gasteiger partial charge in [-0.15, -0.1) is 11.8 Å². The van der Waals surface area contributed by atoms with Crippen molar-refractivity contribution in [2.24, 2.45) is 0 Å². The minimum absolute atomic E-state index is 0.172. The Morgan fingerprint density at radius 2 is 2.10 bits per heavy atom. The van der Waals surface area contributed by atoms with Gasteiger partial charge in [-0.05, 0) is 57.4 Å². The fourth-order valence-corrected chi connectivity index (χ4v) is 4.15. The summed E-state index contributed by atoms with van der Waals surface area (Å²) in [7, 11) is 0. The molecule has 110 valence electrons. The summed E-state index contributed by atoms with van der Waals surface area (Å²) >= 11 is 7.62. The van der Waals surface area contributed by atoms with Gasteiger partial charge in [0, 0.05) is 21.2 Å². The van der Waals surface area contributed by atoms with Crippen LogP contribution >= 0.6 is 23.4 Å². The molecule has 1 saturated carbocycles. The average molecular weight is 314 g/mol. The zero-order valence-corrected chi connectivity index (χ0v) is 13.3. The first kappa shape index (κ1) is 15.7.